The number of hydrogen-bond acceptors (Lipinski definition) is 6. The maximum Gasteiger partial charge on any atom is 0.738 e. The average molecular weight is 214 g/mol. The summed E-state index contributed by atoms with van der Waals surface area (Å²) in [6.45, 7) is 0. The van der Waals surface area contributed by atoms with Crippen molar-refractivity contribution in [1.29, 1.82) is 0 Å². The molecule has 1 aromatic rings. The van der Waals surface area contributed by atoms with Gasteiger partial charge in [0.25, 0.3) is 0 Å². The predicted octanol–water partition coefficient (Wildman–Crippen LogP) is 0.549. The van der Waals surface area contributed by atoms with E-state index < -0.39 is 7.32 Å². The van der Waals surface area contributed by atoms with Crippen LogP contribution in [-0.2, 0) is 4.81 Å². The lowest BCUT2D eigenvalue weighted by Crippen LogP contribution is -2.24. The van der Waals surface area contributed by atoms with E-state index in [0.29, 0.717) is 11.5 Å². The second-order valence-corrected chi connectivity index (χ2v) is 2.58. The lowest BCUT2D eigenvalue weighted by molar-refractivity contribution is -0.171. The van der Waals surface area contributed by atoms with Gasteiger partial charge in [-0.25, -0.2) is 4.81 Å². The van der Waals surface area contributed by atoms with Crippen LogP contribution in [0.25, 0.3) is 0 Å². The molecule has 0 aliphatic carbocycles. The second kappa shape index (κ2) is 5.45. The van der Waals surface area contributed by atoms with Crippen molar-refractivity contribution in [2.75, 3.05) is 14.2 Å². The molecule has 0 radical (unpaired) electrons. The molecule has 0 aromatic heterocycles. The molecule has 0 saturated heterocycles. The number of methoxy groups -OCH3 is 2. The molecular formula is C8H11BO6. The summed E-state index contributed by atoms with van der Waals surface area (Å²) in [5.41, 5.74) is 0. The third-order valence-electron chi connectivity index (χ3n) is 1.65. The minimum Gasteiger partial charge on any atom is -0.510 e. The molecule has 0 bridgehead atoms. The largest absolute Gasteiger partial charge is 0.738 e. The van der Waals surface area contributed by atoms with Gasteiger partial charge in [-0.1, -0.05) is 0 Å². The smallest absolute Gasteiger partial charge is 0.510 e. The van der Waals surface area contributed by atoms with Crippen molar-refractivity contribution in [1.82, 2.24) is 0 Å². The lowest BCUT2D eigenvalue weighted by atomic mass is 10.2. The zero-order valence-corrected chi connectivity index (χ0v) is 8.34. The molecule has 0 amide bonds. The van der Waals surface area contributed by atoms with Gasteiger partial charge in [0.1, 0.15) is 17.2 Å². The fourth-order valence-corrected chi connectivity index (χ4v) is 0.987. The molecule has 0 aliphatic rings. The van der Waals surface area contributed by atoms with Crippen LogP contribution in [0.5, 0.6) is 17.2 Å². The van der Waals surface area contributed by atoms with Gasteiger partial charge in [0.15, 0.2) is 0 Å². The van der Waals surface area contributed by atoms with Crippen LogP contribution in [0.15, 0.2) is 18.2 Å². The maximum atomic E-state index is 8.86. The van der Waals surface area contributed by atoms with Crippen LogP contribution in [-0.4, -0.2) is 31.8 Å². The van der Waals surface area contributed by atoms with Crippen LogP contribution >= 0.6 is 0 Å². The number of ether oxygens (including phenoxy) is 2. The van der Waals surface area contributed by atoms with Crippen LogP contribution in [0.3, 0.4) is 0 Å². The van der Waals surface area contributed by atoms with Crippen LogP contribution in [0.2, 0.25) is 0 Å². The molecule has 0 saturated carbocycles. The molecule has 15 heavy (non-hydrogen) atoms. The minimum absolute atomic E-state index is 0.243. The molecule has 0 spiro atoms. The summed E-state index contributed by atoms with van der Waals surface area (Å²) < 4.78 is 14.7. The van der Waals surface area contributed by atoms with E-state index in [-0.39, 0.29) is 5.75 Å². The molecule has 0 fully saturated rings. The highest BCUT2D eigenvalue weighted by atomic mass is 17.1. The van der Waals surface area contributed by atoms with Crippen molar-refractivity contribution >= 4 is 7.32 Å². The van der Waals surface area contributed by atoms with Crippen molar-refractivity contribution in [3.8, 4) is 17.2 Å². The van der Waals surface area contributed by atoms with Crippen molar-refractivity contribution in [3.05, 3.63) is 18.2 Å². The molecular weight excluding hydrogens is 203 g/mol. The van der Waals surface area contributed by atoms with Crippen LogP contribution < -0.4 is 14.1 Å². The molecule has 82 valence electrons. The van der Waals surface area contributed by atoms with Gasteiger partial charge in [-0.05, 0) is 0 Å². The summed E-state index contributed by atoms with van der Waals surface area (Å²) in [5, 5.41) is 17.0. The first kappa shape index (κ1) is 11.6. The highest BCUT2D eigenvalue weighted by Gasteiger charge is 2.18. The number of hydrogen-bond donors (Lipinski definition) is 2. The topological polar surface area (TPSA) is 77.4 Å². The number of rotatable bonds is 5. The van der Waals surface area contributed by atoms with E-state index >= 15 is 0 Å². The maximum absolute atomic E-state index is 8.86. The van der Waals surface area contributed by atoms with Gasteiger partial charge >= 0.3 is 7.32 Å². The third-order valence-corrected chi connectivity index (χ3v) is 1.65. The van der Waals surface area contributed by atoms with Crippen LogP contribution in [0.4, 0.5) is 0 Å². The molecule has 2 N–H and O–H groups in total. The highest BCUT2D eigenvalue weighted by molar-refractivity contribution is 6.35. The Balaban J connectivity index is 2.86. The molecule has 6 nitrogen and oxygen atoms in total. The molecule has 1 aromatic carbocycles. The van der Waals surface area contributed by atoms with Crippen molar-refractivity contribution in [2.45, 2.75) is 0 Å². The second-order valence-electron chi connectivity index (χ2n) is 2.58. The summed E-state index contributed by atoms with van der Waals surface area (Å²) in [5.74, 6) is 1.23. The van der Waals surface area contributed by atoms with E-state index in [1.807, 2.05) is 0 Å². The Labute approximate surface area is 87.1 Å². The average Bonchev–Trinajstić information content (AvgIpc) is 2.28. The quantitative estimate of drug-likeness (QED) is 0.423. The van der Waals surface area contributed by atoms with E-state index in [2.05, 4.69) is 4.81 Å². The first-order valence-electron chi connectivity index (χ1n) is 4.07. The Morgan fingerprint density at radius 1 is 1.00 bits per heavy atom. The van der Waals surface area contributed by atoms with Gasteiger partial charge in [-0.3, -0.25) is 5.26 Å². The first-order valence-corrected chi connectivity index (χ1v) is 4.07. The van der Waals surface area contributed by atoms with Crippen molar-refractivity contribution < 1.29 is 29.2 Å². The Kier molecular flexibility index (Phi) is 4.23. The summed E-state index contributed by atoms with van der Waals surface area (Å²) in [7, 11) is 1.22. The summed E-state index contributed by atoms with van der Waals surface area (Å²) in [6.07, 6.45) is 0. The van der Waals surface area contributed by atoms with Gasteiger partial charge < -0.3 is 19.2 Å². The standard InChI is InChI=1S/C8H11BO6/c1-12-6-3-7(13-2)5-8(4-6)14-9(10)15-11/h3-5,10-11H,1-2H3. The Bertz CT molecular complexity index is 296. The molecule has 0 atom stereocenters. The predicted molar refractivity (Wildman–Crippen MR) is 51.9 cm³/mol. The van der Waals surface area contributed by atoms with Gasteiger partial charge in [-0.15, -0.1) is 0 Å². The Morgan fingerprint density at radius 2 is 1.47 bits per heavy atom. The third kappa shape index (κ3) is 3.32. The highest BCUT2D eigenvalue weighted by Crippen LogP contribution is 2.27. The van der Waals surface area contributed by atoms with Crippen LogP contribution in [0, 0.1) is 0 Å². The zero-order chi connectivity index (χ0) is 11.3. The zero-order valence-electron chi connectivity index (χ0n) is 8.34. The lowest BCUT2D eigenvalue weighted by Gasteiger charge is -2.10. The van der Waals surface area contributed by atoms with Gasteiger partial charge in [0, 0.05) is 18.2 Å². The van der Waals surface area contributed by atoms with Gasteiger partial charge in [0.05, 0.1) is 14.2 Å². The van der Waals surface area contributed by atoms with E-state index in [1.54, 1.807) is 6.07 Å². The molecule has 1 rings (SSSR count). The van der Waals surface area contributed by atoms with E-state index in [9.17, 15) is 0 Å². The Morgan fingerprint density at radius 3 is 1.87 bits per heavy atom. The van der Waals surface area contributed by atoms with Crippen LogP contribution in [0.1, 0.15) is 0 Å². The fraction of sp³-hybridized carbons (Fsp3) is 0.250. The normalized spacial score (nSPS) is 9.60. The SMILES string of the molecule is COc1cc(OC)cc(OB(O)OO)c1. The minimum atomic E-state index is -1.75. The first-order chi connectivity index (χ1) is 7.19. The molecule has 0 aliphatic heterocycles. The summed E-state index contributed by atoms with van der Waals surface area (Å²) >= 11 is 0. The van der Waals surface area contributed by atoms with E-state index in [4.69, 9.17) is 24.4 Å². The summed E-state index contributed by atoms with van der Waals surface area (Å²) in [6, 6.07) is 4.65. The van der Waals surface area contributed by atoms with E-state index in [0.717, 1.165) is 0 Å². The van der Waals surface area contributed by atoms with Gasteiger partial charge in [0.2, 0.25) is 0 Å². The monoisotopic (exact) mass is 214 g/mol. The Hall–Kier alpha value is -1.44. The molecule has 7 heteroatoms. The molecule has 0 heterocycles. The summed E-state index contributed by atoms with van der Waals surface area (Å²) in [4.78, 5) is 3.55. The fourth-order valence-electron chi connectivity index (χ4n) is 0.987. The van der Waals surface area contributed by atoms with Crippen molar-refractivity contribution in [3.63, 3.8) is 0 Å². The van der Waals surface area contributed by atoms with Gasteiger partial charge in [-0.2, -0.15) is 0 Å². The van der Waals surface area contributed by atoms with E-state index in [1.165, 1.54) is 26.4 Å². The molecule has 0 unspecified atom stereocenters. The van der Waals surface area contributed by atoms with Crippen molar-refractivity contribution in [2.24, 2.45) is 0 Å². The number of benzene rings is 1.